The molecule has 3 nitrogen and oxygen atoms in total. The molecule has 0 bridgehead atoms. The molecule has 0 amide bonds. The van der Waals surface area contributed by atoms with E-state index in [1.807, 2.05) is 26.0 Å². The van der Waals surface area contributed by atoms with Crippen molar-refractivity contribution in [2.24, 2.45) is 4.99 Å². The number of hydrogen-bond donors (Lipinski definition) is 1. The number of pyridine rings is 1. The third kappa shape index (κ3) is 1.81. The van der Waals surface area contributed by atoms with Gasteiger partial charge in [-0.05, 0) is 12.1 Å². The van der Waals surface area contributed by atoms with E-state index < -0.39 is 0 Å². The summed E-state index contributed by atoms with van der Waals surface area (Å²) in [5, 5.41) is 3.10. The second kappa shape index (κ2) is 4.49. The Morgan fingerprint density at radius 1 is 1.42 bits per heavy atom. The number of hydrogen-bond acceptors (Lipinski definition) is 3. The van der Waals surface area contributed by atoms with Gasteiger partial charge in [-0.1, -0.05) is 13.8 Å². The largest absolute Gasteiger partial charge is 0.364 e. The van der Waals surface area contributed by atoms with Crippen molar-refractivity contribution in [2.75, 3.05) is 12.0 Å². The molecule has 0 saturated carbocycles. The SMILES string of the molecule is C1=NCNc2cccnc21.CC. The smallest absolute Gasteiger partial charge is 0.107 e. The van der Waals surface area contributed by atoms with Crippen LogP contribution in [0.5, 0.6) is 0 Å². The van der Waals surface area contributed by atoms with Gasteiger partial charge in [0.25, 0.3) is 0 Å². The van der Waals surface area contributed by atoms with Gasteiger partial charge in [0.05, 0.1) is 11.9 Å². The van der Waals surface area contributed by atoms with Crippen molar-refractivity contribution >= 4 is 11.9 Å². The van der Waals surface area contributed by atoms with E-state index in [1.54, 1.807) is 12.4 Å². The summed E-state index contributed by atoms with van der Waals surface area (Å²) in [7, 11) is 0. The average Bonchev–Trinajstić information content (AvgIpc) is 2.21. The highest BCUT2D eigenvalue weighted by Crippen LogP contribution is 2.11. The molecule has 0 radical (unpaired) electrons. The number of aromatic nitrogens is 1. The van der Waals surface area contributed by atoms with Gasteiger partial charge in [0, 0.05) is 6.20 Å². The van der Waals surface area contributed by atoms with Gasteiger partial charge in [0.15, 0.2) is 0 Å². The zero-order valence-electron chi connectivity index (χ0n) is 7.41. The number of nitrogens with zero attached hydrogens (tertiary/aromatic N) is 2. The Bertz CT molecular complexity index is 268. The first-order chi connectivity index (χ1) is 5.97. The fraction of sp³-hybridized carbons (Fsp3) is 0.333. The van der Waals surface area contributed by atoms with Crippen LogP contribution >= 0.6 is 0 Å². The summed E-state index contributed by atoms with van der Waals surface area (Å²) in [5.41, 5.74) is 1.99. The van der Waals surface area contributed by atoms with Crippen molar-refractivity contribution < 1.29 is 0 Å². The van der Waals surface area contributed by atoms with E-state index in [2.05, 4.69) is 15.3 Å². The fourth-order valence-corrected chi connectivity index (χ4v) is 0.933. The van der Waals surface area contributed by atoms with Crippen LogP contribution < -0.4 is 5.32 Å². The fourth-order valence-electron chi connectivity index (χ4n) is 0.933. The first kappa shape index (κ1) is 8.71. The summed E-state index contributed by atoms with van der Waals surface area (Å²) >= 11 is 0. The molecule has 0 spiro atoms. The van der Waals surface area contributed by atoms with Crippen LogP contribution in [0, 0.1) is 0 Å². The molecule has 0 saturated heterocycles. The molecule has 0 aromatic carbocycles. The molecule has 1 N–H and O–H groups in total. The van der Waals surface area contributed by atoms with Crippen LogP contribution in [0.1, 0.15) is 19.5 Å². The van der Waals surface area contributed by atoms with E-state index in [0.717, 1.165) is 11.4 Å². The van der Waals surface area contributed by atoms with Gasteiger partial charge >= 0.3 is 0 Å². The minimum absolute atomic E-state index is 0.665. The lowest BCUT2D eigenvalue weighted by molar-refractivity contribution is 1.10. The van der Waals surface area contributed by atoms with Crippen LogP contribution in [0.15, 0.2) is 23.3 Å². The van der Waals surface area contributed by atoms with Gasteiger partial charge in [-0.2, -0.15) is 0 Å². The zero-order valence-corrected chi connectivity index (χ0v) is 7.41. The van der Waals surface area contributed by atoms with Crippen molar-refractivity contribution in [3.05, 3.63) is 24.0 Å². The summed E-state index contributed by atoms with van der Waals surface area (Å²) in [4.78, 5) is 8.13. The first-order valence-electron chi connectivity index (χ1n) is 4.15. The number of aliphatic imine (C=N–C) groups is 1. The molecule has 0 aliphatic carbocycles. The third-order valence-electron chi connectivity index (χ3n) is 1.41. The van der Waals surface area contributed by atoms with Crippen LogP contribution in [-0.4, -0.2) is 17.9 Å². The van der Waals surface area contributed by atoms with Gasteiger partial charge in [-0.3, -0.25) is 9.98 Å². The van der Waals surface area contributed by atoms with E-state index in [4.69, 9.17) is 0 Å². The van der Waals surface area contributed by atoms with E-state index in [-0.39, 0.29) is 0 Å². The lowest BCUT2D eigenvalue weighted by Gasteiger charge is -2.09. The molecular weight excluding hydrogens is 150 g/mol. The molecule has 1 aromatic rings. The van der Waals surface area contributed by atoms with E-state index in [9.17, 15) is 0 Å². The van der Waals surface area contributed by atoms with Gasteiger partial charge in [-0.25, -0.2) is 0 Å². The topological polar surface area (TPSA) is 37.3 Å². The van der Waals surface area contributed by atoms with Crippen molar-refractivity contribution in [3.63, 3.8) is 0 Å². The quantitative estimate of drug-likeness (QED) is 0.634. The standard InChI is InChI=1S/C7H7N3.C2H6/c1-2-6-7(9-3-1)4-8-5-10-6;1-2/h1-4,10H,5H2;1-2H3. The molecule has 12 heavy (non-hydrogen) atoms. The maximum absolute atomic E-state index is 4.11. The predicted octanol–water partition coefficient (Wildman–Crippen LogP) is 1.91. The Morgan fingerprint density at radius 3 is 3.00 bits per heavy atom. The second-order valence-corrected chi connectivity index (χ2v) is 2.08. The van der Waals surface area contributed by atoms with E-state index >= 15 is 0 Å². The van der Waals surface area contributed by atoms with Crippen LogP contribution in [0.2, 0.25) is 0 Å². The highest BCUT2D eigenvalue weighted by atomic mass is 15.0. The van der Waals surface area contributed by atoms with E-state index in [0.29, 0.717) is 6.67 Å². The summed E-state index contributed by atoms with van der Waals surface area (Å²) in [5.74, 6) is 0. The third-order valence-corrected chi connectivity index (χ3v) is 1.41. The number of fused-ring (bicyclic) bond motifs is 1. The maximum atomic E-state index is 4.11. The lowest BCUT2D eigenvalue weighted by atomic mass is 10.3. The van der Waals surface area contributed by atoms with Crippen LogP contribution in [0.3, 0.4) is 0 Å². The van der Waals surface area contributed by atoms with Crippen molar-refractivity contribution in [1.82, 2.24) is 4.98 Å². The van der Waals surface area contributed by atoms with Gasteiger partial charge in [0.2, 0.25) is 0 Å². The molecule has 2 heterocycles. The van der Waals surface area contributed by atoms with Crippen molar-refractivity contribution in [2.45, 2.75) is 13.8 Å². The molecule has 0 unspecified atom stereocenters. The number of nitrogens with one attached hydrogen (secondary N) is 1. The summed E-state index contributed by atoms with van der Waals surface area (Å²) < 4.78 is 0. The molecule has 64 valence electrons. The Morgan fingerprint density at radius 2 is 2.25 bits per heavy atom. The molecule has 1 aromatic heterocycles. The minimum Gasteiger partial charge on any atom is -0.364 e. The molecule has 1 aliphatic heterocycles. The second-order valence-electron chi connectivity index (χ2n) is 2.08. The molecular formula is C9H13N3. The summed E-state index contributed by atoms with van der Waals surface area (Å²) in [6, 6.07) is 3.90. The number of rotatable bonds is 0. The number of anilines is 1. The Labute approximate surface area is 72.6 Å². The Kier molecular flexibility index (Phi) is 3.26. The predicted molar refractivity (Wildman–Crippen MR) is 51.7 cm³/mol. The molecule has 0 atom stereocenters. The molecule has 0 fully saturated rings. The molecule has 3 heteroatoms. The van der Waals surface area contributed by atoms with Gasteiger partial charge in [-0.15, -0.1) is 0 Å². The summed E-state index contributed by atoms with van der Waals surface area (Å²) in [6.45, 7) is 4.67. The summed E-state index contributed by atoms with van der Waals surface area (Å²) in [6.07, 6.45) is 3.55. The lowest BCUT2D eigenvalue weighted by Crippen LogP contribution is -2.08. The van der Waals surface area contributed by atoms with Crippen molar-refractivity contribution in [3.8, 4) is 0 Å². The van der Waals surface area contributed by atoms with E-state index in [1.165, 1.54) is 0 Å². The minimum atomic E-state index is 0.665. The normalized spacial score (nSPS) is 12.2. The van der Waals surface area contributed by atoms with Crippen LogP contribution in [0.4, 0.5) is 5.69 Å². The monoisotopic (exact) mass is 163 g/mol. The Balaban J connectivity index is 0.000000336. The highest BCUT2D eigenvalue weighted by Gasteiger charge is 2.01. The first-order valence-corrected chi connectivity index (χ1v) is 4.15. The molecule has 2 rings (SSSR count). The van der Waals surface area contributed by atoms with Crippen LogP contribution in [-0.2, 0) is 0 Å². The molecule has 1 aliphatic rings. The Hall–Kier alpha value is -1.38. The van der Waals surface area contributed by atoms with Crippen LogP contribution in [0.25, 0.3) is 0 Å². The maximum Gasteiger partial charge on any atom is 0.107 e. The average molecular weight is 163 g/mol. The van der Waals surface area contributed by atoms with Gasteiger partial charge in [0.1, 0.15) is 12.4 Å². The highest BCUT2D eigenvalue weighted by molar-refractivity contribution is 5.86. The van der Waals surface area contributed by atoms with Gasteiger partial charge < -0.3 is 5.32 Å². The zero-order chi connectivity index (χ0) is 8.81. The van der Waals surface area contributed by atoms with Crippen molar-refractivity contribution in [1.29, 1.82) is 0 Å².